The molecule has 1 atom stereocenters. The second-order valence-electron chi connectivity index (χ2n) is 3.76. The summed E-state index contributed by atoms with van der Waals surface area (Å²) in [6, 6.07) is 6.04. The number of aryl methyl sites for hydroxylation is 2. The lowest BCUT2D eigenvalue weighted by Gasteiger charge is -2.11. The lowest BCUT2D eigenvalue weighted by molar-refractivity contribution is -0.148. The van der Waals surface area contributed by atoms with E-state index in [0.29, 0.717) is 6.42 Å². The minimum Gasteiger partial charge on any atom is -0.479 e. The fourth-order valence-corrected chi connectivity index (χ4v) is 1.67. The summed E-state index contributed by atoms with van der Waals surface area (Å²) >= 11 is 0. The van der Waals surface area contributed by atoms with E-state index in [1.807, 2.05) is 26.0 Å². The van der Waals surface area contributed by atoms with Gasteiger partial charge in [-0.15, -0.1) is 0 Å². The van der Waals surface area contributed by atoms with Crippen molar-refractivity contribution in [3.05, 3.63) is 34.9 Å². The molecule has 3 heteroatoms. The molecule has 1 aromatic rings. The van der Waals surface area contributed by atoms with E-state index >= 15 is 0 Å². The quantitative estimate of drug-likeness (QED) is 0.822. The molecule has 0 aliphatic carbocycles. The van der Waals surface area contributed by atoms with Crippen LogP contribution in [0.3, 0.4) is 0 Å². The van der Waals surface area contributed by atoms with Gasteiger partial charge in [0.25, 0.3) is 0 Å². The number of aliphatic carboxylic acids is 1. The first kappa shape index (κ1) is 11.7. The maximum absolute atomic E-state index is 10.8. The molecule has 0 saturated carbocycles. The fourth-order valence-electron chi connectivity index (χ4n) is 1.67. The van der Waals surface area contributed by atoms with Crippen molar-refractivity contribution in [1.29, 1.82) is 0 Å². The van der Waals surface area contributed by atoms with Gasteiger partial charge in [-0.2, -0.15) is 0 Å². The third-order valence-electron chi connectivity index (χ3n) is 2.26. The summed E-state index contributed by atoms with van der Waals surface area (Å²) in [6.07, 6.45) is -0.347. The van der Waals surface area contributed by atoms with Crippen molar-refractivity contribution in [2.75, 3.05) is 7.11 Å². The summed E-state index contributed by atoms with van der Waals surface area (Å²) in [7, 11) is 1.42. The standard InChI is InChI=1S/C12H16O3/c1-8-4-9(2)6-10(5-8)7-11(15-3)12(13)14/h4-6,11H,7H2,1-3H3,(H,13,14)/t11-/m0/s1. The highest BCUT2D eigenvalue weighted by Crippen LogP contribution is 2.12. The van der Waals surface area contributed by atoms with Gasteiger partial charge < -0.3 is 9.84 Å². The van der Waals surface area contributed by atoms with Gasteiger partial charge >= 0.3 is 5.97 Å². The first-order chi connectivity index (χ1) is 7.02. The van der Waals surface area contributed by atoms with Gasteiger partial charge in [0.05, 0.1) is 0 Å². The smallest absolute Gasteiger partial charge is 0.333 e. The Hall–Kier alpha value is -1.35. The van der Waals surface area contributed by atoms with Crippen LogP contribution in [-0.2, 0) is 16.0 Å². The largest absolute Gasteiger partial charge is 0.479 e. The normalized spacial score (nSPS) is 12.5. The van der Waals surface area contributed by atoms with Gasteiger partial charge in [-0.1, -0.05) is 29.3 Å². The van der Waals surface area contributed by atoms with Crippen LogP contribution in [-0.4, -0.2) is 24.3 Å². The van der Waals surface area contributed by atoms with Crippen LogP contribution < -0.4 is 0 Å². The lowest BCUT2D eigenvalue weighted by atomic mass is 10.0. The number of carboxylic acids is 1. The molecule has 0 bridgehead atoms. The molecule has 0 fully saturated rings. The van der Waals surface area contributed by atoms with Crippen molar-refractivity contribution < 1.29 is 14.6 Å². The average molecular weight is 208 g/mol. The Morgan fingerprint density at radius 1 is 1.33 bits per heavy atom. The summed E-state index contributed by atoms with van der Waals surface area (Å²) < 4.78 is 4.90. The van der Waals surface area contributed by atoms with E-state index in [9.17, 15) is 4.79 Å². The summed E-state index contributed by atoms with van der Waals surface area (Å²) in [5, 5.41) is 8.85. The van der Waals surface area contributed by atoms with Gasteiger partial charge in [0, 0.05) is 13.5 Å². The molecule has 0 radical (unpaired) electrons. The number of methoxy groups -OCH3 is 1. The van der Waals surface area contributed by atoms with Crippen LogP contribution in [0.15, 0.2) is 18.2 Å². The second kappa shape index (κ2) is 4.94. The molecule has 15 heavy (non-hydrogen) atoms. The molecule has 1 aromatic carbocycles. The number of rotatable bonds is 4. The van der Waals surface area contributed by atoms with Crippen molar-refractivity contribution in [2.24, 2.45) is 0 Å². The van der Waals surface area contributed by atoms with Crippen molar-refractivity contribution in [2.45, 2.75) is 26.4 Å². The Bertz CT molecular complexity index is 338. The predicted octanol–water partition coefficient (Wildman–Crippen LogP) is 1.95. The number of hydrogen-bond acceptors (Lipinski definition) is 2. The lowest BCUT2D eigenvalue weighted by Crippen LogP contribution is -2.24. The molecule has 1 rings (SSSR count). The molecule has 82 valence electrons. The second-order valence-corrected chi connectivity index (χ2v) is 3.76. The third kappa shape index (κ3) is 3.36. The zero-order valence-electron chi connectivity index (χ0n) is 9.28. The summed E-state index contributed by atoms with van der Waals surface area (Å²) in [4.78, 5) is 10.8. The van der Waals surface area contributed by atoms with Gasteiger partial charge in [0.1, 0.15) is 0 Å². The van der Waals surface area contributed by atoms with E-state index in [4.69, 9.17) is 9.84 Å². The van der Waals surface area contributed by atoms with Crippen molar-refractivity contribution in [3.63, 3.8) is 0 Å². The molecule has 0 heterocycles. The molecule has 0 amide bonds. The zero-order chi connectivity index (χ0) is 11.4. The SMILES string of the molecule is CO[C@@H](Cc1cc(C)cc(C)c1)C(=O)O. The van der Waals surface area contributed by atoms with Gasteiger partial charge in [-0.25, -0.2) is 4.79 Å². The minimum absolute atomic E-state index is 0.411. The maximum Gasteiger partial charge on any atom is 0.333 e. The van der Waals surface area contributed by atoms with Crippen LogP contribution in [0, 0.1) is 13.8 Å². The predicted molar refractivity (Wildman–Crippen MR) is 58.1 cm³/mol. The Balaban J connectivity index is 2.83. The Labute approximate surface area is 89.7 Å². The number of carbonyl (C=O) groups is 1. The molecule has 0 aromatic heterocycles. The van der Waals surface area contributed by atoms with Crippen molar-refractivity contribution >= 4 is 5.97 Å². The van der Waals surface area contributed by atoms with E-state index in [1.165, 1.54) is 7.11 Å². The average Bonchev–Trinajstić information content (AvgIpc) is 2.12. The minimum atomic E-state index is -0.920. The highest BCUT2D eigenvalue weighted by molar-refractivity contribution is 5.72. The molecular formula is C12H16O3. The Morgan fingerprint density at radius 3 is 2.27 bits per heavy atom. The van der Waals surface area contributed by atoms with E-state index in [0.717, 1.165) is 16.7 Å². The Morgan fingerprint density at radius 2 is 1.87 bits per heavy atom. The molecule has 0 saturated heterocycles. The van der Waals surface area contributed by atoms with Crippen molar-refractivity contribution in [3.8, 4) is 0 Å². The van der Waals surface area contributed by atoms with Crippen LogP contribution in [0.1, 0.15) is 16.7 Å². The zero-order valence-corrected chi connectivity index (χ0v) is 9.28. The molecule has 0 spiro atoms. The van der Waals surface area contributed by atoms with Gasteiger partial charge in [-0.05, 0) is 19.4 Å². The number of ether oxygens (including phenoxy) is 1. The number of benzene rings is 1. The van der Waals surface area contributed by atoms with E-state index < -0.39 is 12.1 Å². The van der Waals surface area contributed by atoms with Gasteiger partial charge in [0.15, 0.2) is 6.10 Å². The molecule has 3 nitrogen and oxygen atoms in total. The van der Waals surface area contributed by atoms with E-state index in [2.05, 4.69) is 6.07 Å². The summed E-state index contributed by atoms with van der Waals surface area (Å²) in [5.41, 5.74) is 3.29. The number of hydrogen-bond donors (Lipinski definition) is 1. The van der Waals surface area contributed by atoms with Crippen LogP contribution in [0.2, 0.25) is 0 Å². The van der Waals surface area contributed by atoms with Crippen LogP contribution in [0.4, 0.5) is 0 Å². The number of carboxylic acid groups (broad SMARTS) is 1. The maximum atomic E-state index is 10.8. The molecule has 0 unspecified atom stereocenters. The molecule has 0 aliphatic heterocycles. The monoisotopic (exact) mass is 208 g/mol. The van der Waals surface area contributed by atoms with E-state index in [-0.39, 0.29) is 0 Å². The highest BCUT2D eigenvalue weighted by atomic mass is 16.5. The van der Waals surface area contributed by atoms with Crippen LogP contribution in [0.5, 0.6) is 0 Å². The fraction of sp³-hybridized carbons (Fsp3) is 0.417. The Kier molecular flexibility index (Phi) is 3.86. The topological polar surface area (TPSA) is 46.5 Å². The first-order valence-electron chi connectivity index (χ1n) is 4.85. The highest BCUT2D eigenvalue weighted by Gasteiger charge is 2.16. The summed E-state index contributed by atoms with van der Waals surface area (Å²) in [6.45, 7) is 4.00. The first-order valence-corrected chi connectivity index (χ1v) is 4.85. The molecule has 0 aliphatic rings. The van der Waals surface area contributed by atoms with Gasteiger partial charge in [0.2, 0.25) is 0 Å². The van der Waals surface area contributed by atoms with Crippen LogP contribution in [0.25, 0.3) is 0 Å². The van der Waals surface area contributed by atoms with Crippen LogP contribution >= 0.6 is 0 Å². The van der Waals surface area contributed by atoms with E-state index in [1.54, 1.807) is 0 Å². The van der Waals surface area contributed by atoms with Crippen molar-refractivity contribution in [1.82, 2.24) is 0 Å². The van der Waals surface area contributed by atoms with Gasteiger partial charge in [-0.3, -0.25) is 0 Å². The third-order valence-corrected chi connectivity index (χ3v) is 2.26. The molecule has 1 N–H and O–H groups in total. The molecular weight excluding hydrogens is 192 g/mol. The summed E-state index contributed by atoms with van der Waals surface area (Å²) in [5.74, 6) is -0.920.